The lowest BCUT2D eigenvalue weighted by Gasteiger charge is -2.02. The molecule has 0 fully saturated rings. The summed E-state index contributed by atoms with van der Waals surface area (Å²) in [5.74, 6) is -0.314. The van der Waals surface area contributed by atoms with Crippen LogP contribution in [0.5, 0.6) is 0 Å². The van der Waals surface area contributed by atoms with Gasteiger partial charge in [-0.05, 0) is 18.2 Å². The molecule has 2 rings (SSSR count). The normalized spacial score (nSPS) is 11.1. The van der Waals surface area contributed by atoms with Crippen molar-refractivity contribution in [3.63, 3.8) is 0 Å². The van der Waals surface area contributed by atoms with E-state index in [1.54, 1.807) is 12.1 Å². The molecule has 0 aliphatic heterocycles. The molecule has 0 aliphatic carbocycles. The van der Waals surface area contributed by atoms with Crippen LogP contribution < -0.4 is 10.6 Å². The van der Waals surface area contributed by atoms with Crippen molar-refractivity contribution < 1.29 is 22.8 Å². The topological polar surface area (TPSA) is 97.1 Å². The summed E-state index contributed by atoms with van der Waals surface area (Å²) in [4.78, 5) is 23.1. The Hall–Kier alpha value is -2.62. The number of halogens is 2. The molecule has 2 amide bonds. The number of amides is 2. The summed E-state index contributed by atoms with van der Waals surface area (Å²) in [5.41, 5.74) is 0. The smallest absolute Gasteiger partial charge is 0.291 e. The Labute approximate surface area is 133 Å². The van der Waals surface area contributed by atoms with E-state index < -0.39 is 17.3 Å². The van der Waals surface area contributed by atoms with Gasteiger partial charge in [-0.15, -0.1) is 10.2 Å². The molecule has 0 aliphatic rings. The van der Waals surface area contributed by atoms with Gasteiger partial charge in [-0.1, -0.05) is 11.3 Å². The molecule has 122 valence electrons. The fourth-order valence-electron chi connectivity index (χ4n) is 1.46. The van der Waals surface area contributed by atoms with Crippen molar-refractivity contribution in [3.8, 4) is 0 Å². The second-order valence-corrected chi connectivity index (χ2v) is 5.19. The summed E-state index contributed by atoms with van der Waals surface area (Å²) >= 11 is 0.603. The average Bonchev–Trinajstić information content (AvgIpc) is 3.16. The van der Waals surface area contributed by atoms with E-state index in [0.717, 1.165) is 0 Å². The van der Waals surface area contributed by atoms with E-state index in [9.17, 15) is 18.4 Å². The van der Waals surface area contributed by atoms with Crippen LogP contribution in [0, 0.1) is 0 Å². The number of rotatable bonds is 7. The molecule has 0 radical (unpaired) electrons. The first-order chi connectivity index (χ1) is 11.0. The fraction of sp³-hybridized carbons (Fsp3) is 0.231. The van der Waals surface area contributed by atoms with Gasteiger partial charge in [0.2, 0.25) is 16.9 Å². The molecule has 10 heteroatoms. The maximum atomic E-state index is 12.3. The third-order valence-electron chi connectivity index (χ3n) is 2.47. The van der Waals surface area contributed by atoms with Gasteiger partial charge in [-0.3, -0.25) is 9.59 Å². The standard InChI is InChI=1S/C13H12F2N4O3S/c14-11(15)12-18-19-13(23-12)17-10(21)5-6-16-9(20)4-3-8-2-1-7-22-8/h1-4,7,11H,5-6H2,(H,16,20)(H,17,19,21)/b4-3+. The van der Waals surface area contributed by atoms with Gasteiger partial charge in [0.05, 0.1) is 6.26 Å². The molecule has 0 saturated carbocycles. The van der Waals surface area contributed by atoms with E-state index in [1.165, 1.54) is 18.4 Å². The number of alkyl halides is 2. The highest BCUT2D eigenvalue weighted by Crippen LogP contribution is 2.24. The highest BCUT2D eigenvalue weighted by molar-refractivity contribution is 7.15. The number of nitrogens with one attached hydrogen (secondary N) is 2. The van der Waals surface area contributed by atoms with E-state index in [0.29, 0.717) is 17.1 Å². The molecule has 2 heterocycles. The molecule has 0 saturated heterocycles. The second-order valence-electron chi connectivity index (χ2n) is 4.18. The largest absolute Gasteiger partial charge is 0.465 e. The van der Waals surface area contributed by atoms with Crippen molar-refractivity contribution in [2.75, 3.05) is 11.9 Å². The van der Waals surface area contributed by atoms with Crippen LogP contribution >= 0.6 is 11.3 Å². The Balaban J connectivity index is 1.68. The lowest BCUT2D eigenvalue weighted by molar-refractivity contribution is -0.117. The van der Waals surface area contributed by atoms with Crippen LogP contribution in [-0.2, 0) is 9.59 Å². The van der Waals surface area contributed by atoms with Gasteiger partial charge in [0, 0.05) is 19.0 Å². The van der Waals surface area contributed by atoms with Crippen molar-refractivity contribution in [3.05, 3.63) is 35.2 Å². The van der Waals surface area contributed by atoms with Gasteiger partial charge in [0.25, 0.3) is 6.43 Å². The summed E-state index contributed by atoms with van der Waals surface area (Å²) in [5, 5.41) is 11.0. The minimum atomic E-state index is -2.72. The molecule has 2 aromatic rings. The van der Waals surface area contributed by atoms with Crippen LogP contribution in [0.3, 0.4) is 0 Å². The number of nitrogens with zero attached hydrogens (tertiary/aromatic N) is 2. The monoisotopic (exact) mass is 342 g/mol. The third-order valence-corrected chi connectivity index (χ3v) is 3.31. The molecule has 2 aromatic heterocycles. The predicted octanol–water partition coefficient (Wildman–Crippen LogP) is 2.23. The predicted molar refractivity (Wildman–Crippen MR) is 78.9 cm³/mol. The molecule has 23 heavy (non-hydrogen) atoms. The Morgan fingerprint density at radius 2 is 2.22 bits per heavy atom. The van der Waals surface area contributed by atoms with Gasteiger partial charge in [-0.25, -0.2) is 8.78 Å². The van der Waals surface area contributed by atoms with Crippen molar-refractivity contribution in [2.24, 2.45) is 0 Å². The highest BCUT2D eigenvalue weighted by Gasteiger charge is 2.15. The van der Waals surface area contributed by atoms with Gasteiger partial charge < -0.3 is 15.1 Å². The van der Waals surface area contributed by atoms with Crippen molar-refractivity contribution >= 4 is 34.4 Å². The zero-order chi connectivity index (χ0) is 16.7. The van der Waals surface area contributed by atoms with E-state index in [2.05, 4.69) is 20.8 Å². The Kier molecular flexibility index (Phi) is 5.92. The van der Waals surface area contributed by atoms with Gasteiger partial charge in [-0.2, -0.15) is 0 Å². The third kappa shape index (κ3) is 5.58. The van der Waals surface area contributed by atoms with Crippen molar-refractivity contribution in [2.45, 2.75) is 12.8 Å². The Bertz CT molecular complexity index is 685. The summed E-state index contributed by atoms with van der Waals surface area (Å²) in [7, 11) is 0. The lowest BCUT2D eigenvalue weighted by Crippen LogP contribution is -2.26. The number of carbonyl (C=O) groups excluding carboxylic acids is 2. The Morgan fingerprint density at radius 1 is 1.39 bits per heavy atom. The molecule has 7 nitrogen and oxygen atoms in total. The molecule has 0 atom stereocenters. The first kappa shape index (κ1) is 16.7. The zero-order valence-corrected chi connectivity index (χ0v) is 12.5. The van der Waals surface area contributed by atoms with E-state index >= 15 is 0 Å². The highest BCUT2D eigenvalue weighted by atomic mass is 32.1. The van der Waals surface area contributed by atoms with E-state index in [4.69, 9.17) is 4.42 Å². The van der Waals surface area contributed by atoms with E-state index in [-0.39, 0.29) is 24.0 Å². The average molecular weight is 342 g/mol. The molecule has 0 bridgehead atoms. The lowest BCUT2D eigenvalue weighted by atomic mass is 10.3. The maximum absolute atomic E-state index is 12.3. The minimum absolute atomic E-state index is 0.00524. The number of hydrogen-bond donors (Lipinski definition) is 2. The second kappa shape index (κ2) is 8.13. The van der Waals surface area contributed by atoms with Crippen LogP contribution in [-0.4, -0.2) is 28.6 Å². The van der Waals surface area contributed by atoms with Crippen LogP contribution in [0.15, 0.2) is 28.9 Å². The number of hydrogen-bond acceptors (Lipinski definition) is 6. The molecular formula is C13H12F2N4O3S. The molecule has 0 spiro atoms. The number of aromatic nitrogens is 2. The quantitative estimate of drug-likeness (QED) is 0.752. The SMILES string of the molecule is O=C(/C=C/c1ccco1)NCCC(=O)Nc1nnc(C(F)F)s1. The van der Waals surface area contributed by atoms with Gasteiger partial charge in [0.1, 0.15) is 5.76 Å². The first-order valence-electron chi connectivity index (χ1n) is 6.45. The molecule has 2 N–H and O–H groups in total. The van der Waals surface area contributed by atoms with E-state index in [1.807, 2.05) is 0 Å². The summed E-state index contributed by atoms with van der Waals surface area (Å²) in [6.07, 6.45) is 1.50. The number of carbonyl (C=O) groups is 2. The number of furan rings is 1. The zero-order valence-electron chi connectivity index (χ0n) is 11.7. The van der Waals surface area contributed by atoms with Crippen LogP contribution in [0.2, 0.25) is 0 Å². The summed E-state index contributed by atoms with van der Waals surface area (Å²) < 4.78 is 29.7. The fourth-order valence-corrected chi connectivity index (χ4v) is 2.07. The summed E-state index contributed by atoms with van der Waals surface area (Å²) in [6, 6.07) is 3.38. The van der Waals surface area contributed by atoms with Crippen LogP contribution in [0.1, 0.15) is 23.6 Å². The van der Waals surface area contributed by atoms with Gasteiger partial charge >= 0.3 is 0 Å². The Morgan fingerprint density at radius 3 is 2.87 bits per heavy atom. The van der Waals surface area contributed by atoms with Crippen molar-refractivity contribution in [1.29, 1.82) is 0 Å². The molecular weight excluding hydrogens is 330 g/mol. The van der Waals surface area contributed by atoms with Crippen LogP contribution in [0.4, 0.5) is 13.9 Å². The minimum Gasteiger partial charge on any atom is -0.465 e. The van der Waals surface area contributed by atoms with Crippen molar-refractivity contribution in [1.82, 2.24) is 15.5 Å². The number of anilines is 1. The maximum Gasteiger partial charge on any atom is 0.291 e. The summed E-state index contributed by atoms with van der Waals surface area (Å²) in [6.45, 7) is 0.0909. The first-order valence-corrected chi connectivity index (χ1v) is 7.27. The van der Waals surface area contributed by atoms with Gasteiger partial charge in [0.15, 0.2) is 5.01 Å². The van der Waals surface area contributed by atoms with Crippen LogP contribution in [0.25, 0.3) is 6.08 Å². The molecule has 0 aromatic carbocycles. The molecule has 0 unspecified atom stereocenters.